The molecule has 5 rings (SSSR count). The van der Waals surface area contributed by atoms with Gasteiger partial charge in [0, 0.05) is 68.1 Å². The van der Waals surface area contributed by atoms with Gasteiger partial charge in [-0.15, -0.1) is 24.8 Å². The molecule has 2 aromatic carbocycles. The number of carbonyl (C=O) groups excluding carboxylic acids is 1. The largest absolute Gasteiger partial charge is 0.361 e. The molecule has 34 heavy (non-hydrogen) atoms. The second-order valence-electron chi connectivity index (χ2n) is 8.13. The van der Waals surface area contributed by atoms with Crippen molar-refractivity contribution in [2.24, 2.45) is 0 Å². The number of amides is 1. The summed E-state index contributed by atoms with van der Waals surface area (Å²) in [5.74, 6) is 0.0979. The lowest BCUT2D eigenvalue weighted by Crippen LogP contribution is -2.48. The molecule has 1 aliphatic rings. The van der Waals surface area contributed by atoms with Gasteiger partial charge in [0.1, 0.15) is 0 Å². The Balaban J connectivity index is 0.00000162. The molecule has 9 heteroatoms. The summed E-state index contributed by atoms with van der Waals surface area (Å²) in [6, 6.07) is 17.6. The normalized spacial score (nSPS) is 13.7. The number of fused-ring (bicyclic) bond motifs is 1. The van der Waals surface area contributed by atoms with E-state index in [-0.39, 0.29) is 30.7 Å². The number of benzene rings is 2. The number of piperazine rings is 1. The number of imidazole rings is 1. The fraction of sp³-hybridized carbons (Fsp3) is 0.240. The maximum atomic E-state index is 13.1. The molecule has 1 fully saturated rings. The van der Waals surface area contributed by atoms with E-state index in [0.29, 0.717) is 18.7 Å². The molecule has 3 heterocycles. The van der Waals surface area contributed by atoms with Gasteiger partial charge in [0.05, 0.1) is 23.7 Å². The molecule has 0 aliphatic carbocycles. The van der Waals surface area contributed by atoms with E-state index < -0.39 is 0 Å². The van der Waals surface area contributed by atoms with Crippen LogP contribution in [0.5, 0.6) is 0 Å². The molecule has 4 aromatic rings. The zero-order chi connectivity index (χ0) is 21.9. The molecule has 0 radical (unpaired) electrons. The van der Waals surface area contributed by atoms with Crippen LogP contribution in [-0.2, 0) is 13.1 Å². The number of hydrogen-bond donors (Lipinski definition) is 1. The first kappa shape index (κ1) is 25.3. The third-order valence-corrected chi connectivity index (χ3v) is 6.10. The highest BCUT2D eigenvalue weighted by Crippen LogP contribution is 2.20. The minimum Gasteiger partial charge on any atom is -0.361 e. The second-order valence-corrected chi connectivity index (χ2v) is 8.13. The Kier molecular flexibility index (Phi) is 8.35. The highest BCUT2D eigenvalue weighted by Gasteiger charge is 2.24. The molecule has 0 saturated carbocycles. The quantitative estimate of drug-likeness (QED) is 0.451. The van der Waals surface area contributed by atoms with Gasteiger partial charge >= 0.3 is 0 Å². The Labute approximate surface area is 210 Å². The average Bonchev–Trinajstić information content (AvgIpc) is 3.49. The number of H-pyrrole nitrogens is 1. The highest BCUT2D eigenvalue weighted by molar-refractivity contribution is 6.06. The van der Waals surface area contributed by atoms with E-state index in [1.807, 2.05) is 72.2 Å². The Morgan fingerprint density at radius 3 is 2.50 bits per heavy atom. The molecule has 176 valence electrons. The molecule has 0 atom stereocenters. The number of nitrogens with one attached hydrogen (secondary N) is 1. The minimum absolute atomic E-state index is 0. The lowest BCUT2D eigenvalue weighted by molar-refractivity contribution is 0.0627. The average molecular weight is 497 g/mol. The van der Waals surface area contributed by atoms with Gasteiger partial charge < -0.3 is 14.5 Å². The van der Waals surface area contributed by atoms with Crippen LogP contribution in [0.4, 0.5) is 0 Å². The lowest BCUT2D eigenvalue weighted by Gasteiger charge is -2.35. The standard InChI is InChI=1S/C25H24N6O.2ClH/c26-14-19-4-6-20(7-5-19)16-31-18-27-15-21(31)17-29-10-12-30(13-11-29)25(32)23-2-1-3-24-22(23)8-9-28-24;;/h1-9,15,18,28H,10-13,16-17H2;2*1H. The maximum Gasteiger partial charge on any atom is 0.254 e. The summed E-state index contributed by atoms with van der Waals surface area (Å²) in [6.45, 7) is 4.60. The molecule has 7 nitrogen and oxygen atoms in total. The molecule has 1 amide bonds. The zero-order valence-electron chi connectivity index (χ0n) is 18.6. The zero-order valence-corrected chi connectivity index (χ0v) is 20.2. The number of nitriles is 1. The Bertz CT molecular complexity index is 1280. The van der Waals surface area contributed by atoms with Crippen LogP contribution < -0.4 is 0 Å². The second kappa shape index (κ2) is 11.2. The van der Waals surface area contributed by atoms with E-state index in [9.17, 15) is 4.79 Å². The van der Waals surface area contributed by atoms with Crippen molar-refractivity contribution in [1.82, 2.24) is 24.3 Å². The molecule has 0 spiro atoms. The van der Waals surface area contributed by atoms with E-state index in [1.54, 1.807) is 0 Å². The highest BCUT2D eigenvalue weighted by atomic mass is 35.5. The van der Waals surface area contributed by atoms with E-state index in [4.69, 9.17) is 5.26 Å². The SMILES string of the molecule is Cl.Cl.N#Cc1ccc(Cn2cncc2CN2CCN(C(=O)c3cccc4[nH]ccc34)CC2)cc1. The number of halogens is 2. The first-order valence-corrected chi connectivity index (χ1v) is 10.8. The van der Waals surface area contributed by atoms with Crippen molar-refractivity contribution in [3.05, 3.63) is 89.6 Å². The molecule has 1 N–H and O–H groups in total. The van der Waals surface area contributed by atoms with Crippen molar-refractivity contribution in [2.75, 3.05) is 26.2 Å². The van der Waals surface area contributed by atoms with Crippen molar-refractivity contribution in [3.8, 4) is 6.07 Å². The van der Waals surface area contributed by atoms with E-state index in [1.165, 1.54) is 0 Å². The third-order valence-electron chi connectivity index (χ3n) is 6.10. The van der Waals surface area contributed by atoms with Crippen LogP contribution in [0, 0.1) is 11.3 Å². The summed E-state index contributed by atoms with van der Waals surface area (Å²) in [4.78, 5) is 24.9. The lowest BCUT2D eigenvalue weighted by atomic mass is 10.1. The number of carbonyl (C=O) groups is 1. The molecular weight excluding hydrogens is 471 g/mol. The summed E-state index contributed by atoms with van der Waals surface area (Å²) in [6.07, 6.45) is 5.64. The Morgan fingerprint density at radius 1 is 1.00 bits per heavy atom. The predicted molar refractivity (Wildman–Crippen MR) is 136 cm³/mol. The Hall–Kier alpha value is -3.31. The molecular formula is C25H26Cl2N6O. The number of aromatic amines is 1. The van der Waals surface area contributed by atoms with Crippen molar-refractivity contribution >= 4 is 41.6 Å². The Morgan fingerprint density at radius 2 is 1.76 bits per heavy atom. The number of hydrogen-bond acceptors (Lipinski definition) is 4. The van der Waals surface area contributed by atoms with Crippen molar-refractivity contribution in [1.29, 1.82) is 5.26 Å². The van der Waals surface area contributed by atoms with Crippen LogP contribution in [0.2, 0.25) is 0 Å². The van der Waals surface area contributed by atoms with Crippen LogP contribution in [-0.4, -0.2) is 56.4 Å². The molecule has 0 bridgehead atoms. The number of aromatic nitrogens is 3. The first-order chi connectivity index (χ1) is 15.7. The molecule has 1 aliphatic heterocycles. The first-order valence-electron chi connectivity index (χ1n) is 10.8. The molecule has 2 aromatic heterocycles. The summed E-state index contributed by atoms with van der Waals surface area (Å²) < 4.78 is 2.14. The fourth-order valence-electron chi connectivity index (χ4n) is 4.28. The maximum absolute atomic E-state index is 13.1. The van der Waals surface area contributed by atoms with Gasteiger partial charge in [-0.25, -0.2) is 4.98 Å². The number of nitrogens with zero attached hydrogens (tertiary/aromatic N) is 5. The van der Waals surface area contributed by atoms with Gasteiger partial charge in [0.15, 0.2) is 0 Å². The topological polar surface area (TPSA) is 80.9 Å². The summed E-state index contributed by atoms with van der Waals surface area (Å²) in [7, 11) is 0. The van der Waals surface area contributed by atoms with Crippen molar-refractivity contribution in [2.45, 2.75) is 13.1 Å². The minimum atomic E-state index is 0. The van der Waals surface area contributed by atoms with Crippen LogP contribution in [0.25, 0.3) is 10.9 Å². The van der Waals surface area contributed by atoms with E-state index in [0.717, 1.165) is 53.9 Å². The van der Waals surface area contributed by atoms with Gasteiger partial charge in [-0.3, -0.25) is 9.69 Å². The molecule has 0 unspecified atom stereocenters. The fourth-order valence-corrected chi connectivity index (χ4v) is 4.28. The van der Waals surface area contributed by atoms with Gasteiger partial charge in [-0.1, -0.05) is 18.2 Å². The predicted octanol–water partition coefficient (Wildman–Crippen LogP) is 4.09. The monoisotopic (exact) mass is 496 g/mol. The van der Waals surface area contributed by atoms with Crippen LogP contribution in [0.1, 0.15) is 27.2 Å². The van der Waals surface area contributed by atoms with Crippen LogP contribution in [0.15, 0.2) is 67.3 Å². The third kappa shape index (κ3) is 5.26. The van der Waals surface area contributed by atoms with Crippen LogP contribution in [0.3, 0.4) is 0 Å². The van der Waals surface area contributed by atoms with Gasteiger partial charge in [0.25, 0.3) is 5.91 Å². The summed E-state index contributed by atoms with van der Waals surface area (Å²) >= 11 is 0. The van der Waals surface area contributed by atoms with E-state index in [2.05, 4.69) is 25.5 Å². The van der Waals surface area contributed by atoms with Gasteiger partial charge in [-0.2, -0.15) is 5.26 Å². The summed E-state index contributed by atoms with van der Waals surface area (Å²) in [5, 5.41) is 9.95. The van der Waals surface area contributed by atoms with Gasteiger partial charge in [-0.05, 0) is 35.9 Å². The van der Waals surface area contributed by atoms with Crippen LogP contribution >= 0.6 is 24.8 Å². The smallest absolute Gasteiger partial charge is 0.254 e. The molecule has 1 saturated heterocycles. The van der Waals surface area contributed by atoms with Crippen molar-refractivity contribution < 1.29 is 4.79 Å². The summed E-state index contributed by atoms with van der Waals surface area (Å²) in [5.41, 5.74) is 4.70. The van der Waals surface area contributed by atoms with Gasteiger partial charge in [0.2, 0.25) is 0 Å². The van der Waals surface area contributed by atoms with Crippen molar-refractivity contribution in [3.63, 3.8) is 0 Å². The number of rotatable bonds is 5. The van der Waals surface area contributed by atoms with E-state index >= 15 is 0 Å².